The molecule has 0 radical (unpaired) electrons. The van der Waals surface area contributed by atoms with E-state index < -0.39 is 0 Å². The summed E-state index contributed by atoms with van der Waals surface area (Å²) >= 11 is 0. The molecule has 0 spiro atoms. The maximum atomic E-state index is 5.44. The van der Waals surface area contributed by atoms with Crippen molar-refractivity contribution in [2.24, 2.45) is 7.05 Å². The summed E-state index contributed by atoms with van der Waals surface area (Å²) < 4.78 is 12.4. The fourth-order valence-corrected chi connectivity index (χ4v) is 2.96. The maximum absolute atomic E-state index is 5.44. The molecule has 1 atom stereocenters. The van der Waals surface area contributed by atoms with Crippen LogP contribution in [0.4, 0.5) is 0 Å². The number of ether oxygens (including phenoxy) is 1. The molecule has 7 nitrogen and oxygen atoms in total. The lowest BCUT2D eigenvalue weighted by atomic mass is 10.1. The number of nitrogens with zero attached hydrogens (tertiary/aromatic N) is 5. The van der Waals surface area contributed by atoms with Crippen molar-refractivity contribution in [2.75, 3.05) is 26.8 Å². The van der Waals surface area contributed by atoms with Gasteiger partial charge in [-0.15, -0.1) is 0 Å². The van der Waals surface area contributed by atoms with Crippen LogP contribution in [-0.4, -0.2) is 51.6 Å². The summed E-state index contributed by atoms with van der Waals surface area (Å²) in [6, 6.07) is 0.215. The van der Waals surface area contributed by atoms with Crippen LogP contribution in [0, 0.1) is 0 Å². The number of likely N-dealkylation sites (tertiary alicyclic amines) is 1. The first-order chi connectivity index (χ1) is 10.8. The van der Waals surface area contributed by atoms with Crippen molar-refractivity contribution in [3.8, 4) is 11.5 Å². The summed E-state index contributed by atoms with van der Waals surface area (Å²) in [7, 11) is 3.61. The van der Waals surface area contributed by atoms with E-state index in [1.807, 2.05) is 13.2 Å². The van der Waals surface area contributed by atoms with Crippen LogP contribution in [0.3, 0.4) is 0 Å². The van der Waals surface area contributed by atoms with Gasteiger partial charge in [0, 0.05) is 26.9 Å². The minimum Gasteiger partial charge on any atom is -0.383 e. The molecule has 2 aromatic rings. The Labute approximate surface area is 130 Å². The normalized spacial score (nSPS) is 20.2. The van der Waals surface area contributed by atoms with E-state index >= 15 is 0 Å². The topological polar surface area (TPSA) is 69.2 Å². The first-order valence-corrected chi connectivity index (χ1v) is 7.83. The molecule has 22 heavy (non-hydrogen) atoms. The minimum atomic E-state index is 0.215. The monoisotopic (exact) mass is 305 g/mol. The Balaban J connectivity index is 1.79. The van der Waals surface area contributed by atoms with Gasteiger partial charge < -0.3 is 9.26 Å². The van der Waals surface area contributed by atoms with Crippen LogP contribution < -0.4 is 0 Å². The van der Waals surface area contributed by atoms with Gasteiger partial charge in [-0.25, -0.2) is 0 Å². The van der Waals surface area contributed by atoms with Crippen molar-refractivity contribution in [1.29, 1.82) is 0 Å². The van der Waals surface area contributed by atoms with Crippen molar-refractivity contribution < 1.29 is 9.26 Å². The van der Waals surface area contributed by atoms with E-state index in [9.17, 15) is 0 Å². The Kier molecular flexibility index (Phi) is 4.84. The molecule has 0 saturated carbocycles. The second kappa shape index (κ2) is 7.02. The van der Waals surface area contributed by atoms with Gasteiger partial charge >= 0.3 is 0 Å². The van der Waals surface area contributed by atoms with Crippen molar-refractivity contribution in [3.63, 3.8) is 0 Å². The van der Waals surface area contributed by atoms with Crippen LogP contribution in [0.15, 0.2) is 16.9 Å². The van der Waals surface area contributed by atoms with Gasteiger partial charge in [-0.2, -0.15) is 10.1 Å². The van der Waals surface area contributed by atoms with Crippen LogP contribution in [-0.2, 0) is 11.8 Å². The van der Waals surface area contributed by atoms with E-state index in [-0.39, 0.29) is 6.04 Å². The molecule has 0 aromatic carbocycles. The minimum absolute atomic E-state index is 0.215. The number of rotatable bonds is 5. The number of aromatic nitrogens is 4. The molecule has 1 saturated heterocycles. The summed E-state index contributed by atoms with van der Waals surface area (Å²) in [6.45, 7) is 2.69. The van der Waals surface area contributed by atoms with Gasteiger partial charge in [0.15, 0.2) is 5.82 Å². The fourth-order valence-electron chi connectivity index (χ4n) is 2.96. The highest BCUT2D eigenvalue weighted by Gasteiger charge is 2.27. The van der Waals surface area contributed by atoms with Crippen LogP contribution in [0.2, 0.25) is 0 Å². The van der Waals surface area contributed by atoms with E-state index in [0.29, 0.717) is 5.89 Å². The third-order valence-corrected chi connectivity index (χ3v) is 4.14. The molecule has 0 unspecified atom stereocenters. The molecule has 1 aliphatic heterocycles. The Bertz CT molecular complexity index is 594. The quantitative estimate of drug-likeness (QED) is 0.842. The molecule has 0 bridgehead atoms. The molecule has 0 amide bonds. The molecular formula is C15H23N5O2. The lowest BCUT2D eigenvalue weighted by Crippen LogP contribution is -2.32. The number of aryl methyl sites for hydroxylation is 1. The Morgan fingerprint density at radius 2 is 2.27 bits per heavy atom. The summed E-state index contributed by atoms with van der Waals surface area (Å²) in [5, 5.41) is 8.37. The molecule has 3 rings (SSSR count). The smallest absolute Gasteiger partial charge is 0.261 e. The van der Waals surface area contributed by atoms with Gasteiger partial charge in [0.25, 0.3) is 5.89 Å². The molecule has 7 heteroatoms. The lowest BCUT2D eigenvalue weighted by Gasteiger charge is -2.27. The van der Waals surface area contributed by atoms with Crippen LogP contribution in [0.5, 0.6) is 0 Å². The third-order valence-electron chi connectivity index (χ3n) is 4.14. The highest BCUT2D eigenvalue weighted by atomic mass is 16.5. The van der Waals surface area contributed by atoms with Crippen LogP contribution in [0.1, 0.15) is 37.5 Å². The summed E-state index contributed by atoms with van der Waals surface area (Å²) in [4.78, 5) is 7.01. The molecule has 2 aromatic heterocycles. The highest BCUT2D eigenvalue weighted by Crippen LogP contribution is 2.29. The zero-order valence-corrected chi connectivity index (χ0v) is 13.2. The SMILES string of the molecule is COCCN1CCCCC[C@H]1c1noc(-c2cnn(C)c2)n1. The zero-order chi connectivity index (χ0) is 15.4. The van der Waals surface area contributed by atoms with Gasteiger partial charge in [-0.3, -0.25) is 9.58 Å². The molecule has 0 N–H and O–H groups in total. The van der Waals surface area contributed by atoms with Crippen molar-refractivity contribution in [2.45, 2.75) is 31.7 Å². The Hall–Kier alpha value is -1.73. The Morgan fingerprint density at radius 1 is 1.36 bits per heavy atom. The van der Waals surface area contributed by atoms with Crippen LogP contribution in [0.25, 0.3) is 11.5 Å². The van der Waals surface area contributed by atoms with Crippen molar-refractivity contribution in [1.82, 2.24) is 24.8 Å². The first-order valence-electron chi connectivity index (χ1n) is 7.83. The van der Waals surface area contributed by atoms with Crippen LogP contribution >= 0.6 is 0 Å². The summed E-state index contributed by atoms with van der Waals surface area (Å²) in [5.74, 6) is 1.32. The van der Waals surface area contributed by atoms with E-state index in [2.05, 4.69) is 20.1 Å². The van der Waals surface area contributed by atoms with Gasteiger partial charge in [-0.05, 0) is 19.4 Å². The lowest BCUT2D eigenvalue weighted by molar-refractivity contribution is 0.117. The molecule has 0 aliphatic carbocycles. The van der Waals surface area contributed by atoms with E-state index in [1.54, 1.807) is 18.0 Å². The average molecular weight is 305 g/mol. The van der Waals surface area contributed by atoms with Gasteiger partial charge in [-0.1, -0.05) is 18.0 Å². The standard InChI is InChI=1S/C15H23N5O2/c1-19-11-12(10-16-19)15-17-14(18-22-15)13-6-4-3-5-7-20(13)8-9-21-2/h10-11,13H,3-9H2,1-2H3/t13-/m0/s1. The van der Waals surface area contributed by atoms with E-state index in [4.69, 9.17) is 9.26 Å². The zero-order valence-electron chi connectivity index (χ0n) is 13.2. The summed E-state index contributed by atoms with van der Waals surface area (Å²) in [6.07, 6.45) is 8.36. The van der Waals surface area contributed by atoms with Gasteiger partial charge in [0.05, 0.1) is 24.4 Å². The number of hydrogen-bond donors (Lipinski definition) is 0. The molecular weight excluding hydrogens is 282 g/mol. The predicted octanol–water partition coefficient (Wildman–Crippen LogP) is 2.03. The maximum Gasteiger partial charge on any atom is 0.261 e. The number of methoxy groups -OCH3 is 1. The van der Waals surface area contributed by atoms with Gasteiger partial charge in [0.2, 0.25) is 0 Å². The third kappa shape index (κ3) is 3.36. The van der Waals surface area contributed by atoms with Gasteiger partial charge in [0.1, 0.15) is 0 Å². The second-order valence-corrected chi connectivity index (χ2v) is 5.75. The van der Waals surface area contributed by atoms with E-state index in [1.165, 1.54) is 19.3 Å². The van der Waals surface area contributed by atoms with Crippen molar-refractivity contribution in [3.05, 3.63) is 18.2 Å². The molecule has 1 aliphatic rings. The largest absolute Gasteiger partial charge is 0.383 e. The highest BCUT2D eigenvalue weighted by molar-refractivity contribution is 5.49. The molecule has 1 fully saturated rings. The first kappa shape index (κ1) is 15.2. The Morgan fingerprint density at radius 3 is 3.05 bits per heavy atom. The average Bonchev–Trinajstić information content (AvgIpc) is 3.10. The number of hydrogen-bond acceptors (Lipinski definition) is 6. The summed E-state index contributed by atoms with van der Waals surface area (Å²) in [5.41, 5.74) is 0.860. The van der Waals surface area contributed by atoms with Crippen molar-refractivity contribution >= 4 is 0 Å². The predicted molar refractivity (Wildman–Crippen MR) is 81.2 cm³/mol. The van der Waals surface area contributed by atoms with E-state index in [0.717, 1.165) is 37.5 Å². The second-order valence-electron chi connectivity index (χ2n) is 5.75. The molecule has 120 valence electrons. The fraction of sp³-hybridized carbons (Fsp3) is 0.667. The molecule has 3 heterocycles.